The van der Waals surface area contributed by atoms with Gasteiger partial charge in [0.2, 0.25) is 0 Å². The standard InChI is InChI=1S/C24H27N5O/c1-18-22(24(30)27-14-19-8-3-2-4-9-19)15-26-23(28-18)20-10-7-13-29(16-20)17-21-11-5-6-12-25-21/h2-6,8-9,11-12,15,20H,7,10,13-14,16-17H2,1H3,(H,27,30)/t20-/m1/s1. The van der Waals surface area contributed by atoms with Crippen molar-refractivity contribution in [1.29, 1.82) is 0 Å². The quantitative estimate of drug-likeness (QED) is 0.685. The predicted molar refractivity (Wildman–Crippen MR) is 116 cm³/mol. The fourth-order valence-electron chi connectivity index (χ4n) is 3.91. The number of aromatic nitrogens is 3. The van der Waals surface area contributed by atoms with Crippen molar-refractivity contribution in [3.05, 3.63) is 89.3 Å². The molecule has 1 fully saturated rings. The Morgan fingerprint density at radius 1 is 1.13 bits per heavy atom. The van der Waals surface area contributed by atoms with Crippen LogP contribution in [0, 0.1) is 6.92 Å². The number of nitrogens with one attached hydrogen (secondary N) is 1. The molecule has 0 aliphatic carbocycles. The molecule has 0 spiro atoms. The van der Waals surface area contributed by atoms with E-state index in [0.717, 1.165) is 55.3 Å². The summed E-state index contributed by atoms with van der Waals surface area (Å²) in [5, 5.41) is 2.96. The smallest absolute Gasteiger partial charge is 0.254 e. The molecular formula is C24H27N5O. The Hall–Kier alpha value is -3.12. The van der Waals surface area contributed by atoms with Gasteiger partial charge in [-0.1, -0.05) is 36.4 Å². The van der Waals surface area contributed by atoms with Crippen LogP contribution >= 0.6 is 0 Å². The average molecular weight is 402 g/mol. The van der Waals surface area contributed by atoms with Gasteiger partial charge in [0.25, 0.3) is 5.91 Å². The van der Waals surface area contributed by atoms with E-state index < -0.39 is 0 Å². The van der Waals surface area contributed by atoms with Gasteiger partial charge < -0.3 is 5.32 Å². The van der Waals surface area contributed by atoms with Crippen LogP contribution in [0.1, 0.15) is 51.9 Å². The van der Waals surface area contributed by atoms with Crippen LogP contribution in [0.2, 0.25) is 0 Å². The van der Waals surface area contributed by atoms with Gasteiger partial charge in [0.15, 0.2) is 0 Å². The summed E-state index contributed by atoms with van der Waals surface area (Å²) in [5.74, 6) is 0.976. The summed E-state index contributed by atoms with van der Waals surface area (Å²) in [6.45, 7) is 5.20. The van der Waals surface area contributed by atoms with Gasteiger partial charge in [-0.25, -0.2) is 9.97 Å². The molecule has 1 saturated heterocycles. The largest absolute Gasteiger partial charge is 0.348 e. The molecule has 0 unspecified atom stereocenters. The average Bonchev–Trinajstić information content (AvgIpc) is 2.79. The summed E-state index contributed by atoms with van der Waals surface area (Å²) < 4.78 is 0. The number of hydrogen-bond donors (Lipinski definition) is 1. The molecular weight excluding hydrogens is 374 g/mol. The second-order valence-corrected chi connectivity index (χ2v) is 7.79. The number of carbonyl (C=O) groups excluding carboxylic acids is 1. The van der Waals surface area contributed by atoms with Crippen molar-refractivity contribution >= 4 is 5.91 Å². The topological polar surface area (TPSA) is 71.0 Å². The molecule has 3 heterocycles. The molecule has 0 bridgehead atoms. The van der Waals surface area contributed by atoms with Crippen LogP contribution in [0.4, 0.5) is 0 Å². The van der Waals surface area contributed by atoms with Gasteiger partial charge in [0, 0.05) is 37.9 Å². The number of carbonyl (C=O) groups is 1. The van der Waals surface area contributed by atoms with Crippen molar-refractivity contribution in [3.63, 3.8) is 0 Å². The van der Waals surface area contributed by atoms with E-state index in [1.165, 1.54) is 0 Å². The number of likely N-dealkylation sites (tertiary alicyclic amines) is 1. The maximum Gasteiger partial charge on any atom is 0.254 e. The molecule has 1 N–H and O–H groups in total. The first-order valence-electron chi connectivity index (χ1n) is 10.5. The third-order valence-corrected chi connectivity index (χ3v) is 5.52. The van der Waals surface area contributed by atoms with Crippen LogP contribution in [-0.2, 0) is 13.1 Å². The predicted octanol–water partition coefficient (Wildman–Crippen LogP) is 3.49. The van der Waals surface area contributed by atoms with Gasteiger partial charge in [0.1, 0.15) is 5.82 Å². The van der Waals surface area contributed by atoms with Crippen LogP contribution < -0.4 is 5.32 Å². The zero-order chi connectivity index (χ0) is 20.8. The van der Waals surface area contributed by atoms with Gasteiger partial charge in [0.05, 0.1) is 17.0 Å². The highest BCUT2D eigenvalue weighted by atomic mass is 16.1. The van der Waals surface area contributed by atoms with E-state index in [0.29, 0.717) is 12.1 Å². The van der Waals surface area contributed by atoms with Crippen LogP contribution in [0.15, 0.2) is 60.9 Å². The first-order chi connectivity index (χ1) is 14.7. The number of piperidine rings is 1. The SMILES string of the molecule is Cc1nc([C@@H]2CCCN(Cc3ccccn3)C2)ncc1C(=O)NCc1ccccc1. The highest BCUT2D eigenvalue weighted by Crippen LogP contribution is 2.25. The highest BCUT2D eigenvalue weighted by Gasteiger charge is 2.24. The summed E-state index contributed by atoms with van der Waals surface area (Å²) in [7, 11) is 0. The van der Waals surface area contributed by atoms with Crippen molar-refractivity contribution in [2.24, 2.45) is 0 Å². The van der Waals surface area contributed by atoms with E-state index in [1.807, 2.05) is 55.6 Å². The molecule has 2 aromatic heterocycles. The minimum atomic E-state index is -0.136. The first-order valence-corrected chi connectivity index (χ1v) is 10.5. The molecule has 1 atom stereocenters. The van der Waals surface area contributed by atoms with Crippen molar-refractivity contribution in [2.45, 2.75) is 38.8 Å². The first kappa shape index (κ1) is 20.2. The number of hydrogen-bond acceptors (Lipinski definition) is 5. The third kappa shape index (κ3) is 5.07. The van der Waals surface area contributed by atoms with E-state index in [9.17, 15) is 4.79 Å². The second kappa shape index (κ2) is 9.59. The molecule has 1 aromatic carbocycles. The maximum absolute atomic E-state index is 12.6. The summed E-state index contributed by atoms with van der Waals surface area (Å²) >= 11 is 0. The van der Waals surface area contributed by atoms with Crippen molar-refractivity contribution in [3.8, 4) is 0 Å². The van der Waals surface area contributed by atoms with Crippen LogP contribution in [0.5, 0.6) is 0 Å². The lowest BCUT2D eigenvalue weighted by molar-refractivity contribution is 0.0949. The summed E-state index contributed by atoms with van der Waals surface area (Å²) in [6, 6.07) is 15.9. The lowest BCUT2D eigenvalue weighted by atomic mass is 9.96. The highest BCUT2D eigenvalue weighted by molar-refractivity contribution is 5.94. The minimum Gasteiger partial charge on any atom is -0.348 e. The minimum absolute atomic E-state index is 0.136. The van der Waals surface area contributed by atoms with Gasteiger partial charge in [-0.05, 0) is 44.0 Å². The van der Waals surface area contributed by atoms with E-state index in [-0.39, 0.29) is 11.8 Å². The second-order valence-electron chi connectivity index (χ2n) is 7.79. The Morgan fingerprint density at radius 3 is 2.73 bits per heavy atom. The van der Waals surface area contributed by atoms with Gasteiger partial charge in [-0.15, -0.1) is 0 Å². The van der Waals surface area contributed by atoms with Crippen LogP contribution in [-0.4, -0.2) is 38.8 Å². The molecule has 154 valence electrons. The lowest BCUT2D eigenvalue weighted by Crippen LogP contribution is -2.35. The molecule has 0 saturated carbocycles. The van der Waals surface area contributed by atoms with Crippen molar-refractivity contribution < 1.29 is 4.79 Å². The number of amides is 1. The van der Waals surface area contributed by atoms with Gasteiger partial charge in [-0.2, -0.15) is 0 Å². The molecule has 0 radical (unpaired) electrons. The number of aryl methyl sites for hydroxylation is 1. The number of pyridine rings is 1. The van der Waals surface area contributed by atoms with Gasteiger partial charge in [-0.3, -0.25) is 14.7 Å². The zero-order valence-corrected chi connectivity index (χ0v) is 17.3. The Labute approximate surface area is 177 Å². The molecule has 1 aliphatic rings. The Kier molecular flexibility index (Phi) is 6.44. The Balaban J connectivity index is 1.39. The number of rotatable bonds is 6. The molecule has 30 heavy (non-hydrogen) atoms. The molecule has 4 rings (SSSR count). The summed E-state index contributed by atoms with van der Waals surface area (Å²) in [5.41, 5.74) is 3.42. The summed E-state index contributed by atoms with van der Waals surface area (Å²) in [4.78, 5) is 28.7. The fraction of sp³-hybridized carbons (Fsp3) is 0.333. The maximum atomic E-state index is 12.6. The van der Waals surface area contributed by atoms with Crippen molar-refractivity contribution in [2.75, 3.05) is 13.1 Å². The summed E-state index contributed by atoms with van der Waals surface area (Å²) in [6.07, 6.45) is 5.69. The van der Waals surface area contributed by atoms with E-state index in [1.54, 1.807) is 6.20 Å². The Bertz CT molecular complexity index is 977. The number of nitrogens with zero attached hydrogens (tertiary/aromatic N) is 4. The van der Waals surface area contributed by atoms with Crippen molar-refractivity contribution in [1.82, 2.24) is 25.2 Å². The van der Waals surface area contributed by atoms with Crippen LogP contribution in [0.25, 0.3) is 0 Å². The molecule has 1 aliphatic heterocycles. The van der Waals surface area contributed by atoms with E-state index in [2.05, 4.69) is 26.3 Å². The molecule has 3 aromatic rings. The molecule has 6 nitrogen and oxygen atoms in total. The van der Waals surface area contributed by atoms with Crippen LogP contribution in [0.3, 0.4) is 0 Å². The fourth-order valence-corrected chi connectivity index (χ4v) is 3.91. The monoisotopic (exact) mass is 401 g/mol. The lowest BCUT2D eigenvalue weighted by Gasteiger charge is -2.31. The molecule has 6 heteroatoms. The van der Waals surface area contributed by atoms with Gasteiger partial charge >= 0.3 is 0 Å². The Morgan fingerprint density at radius 2 is 1.97 bits per heavy atom. The zero-order valence-electron chi connectivity index (χ0n) is 17.3. The van der Waals surface area contributed by atoms with E-state index >= 15 is 0 Å². The molecule has 1 amide bonds. The normalized spacial score (nSPS) is 16.9. The third-order valence-electron chi connectivity index (χ3n) is 5.52. The number of benzene rings is 1. The van der Waals surface area contributed by atoms with E-state index in [4.69, 9.17) is 4.98 Å².